The van der Waals surface area contributed by atoms with Crippen molar-refractivity contribution in [3.05, 3.63) is 168 Å². The van der Waals surface area contributed by atoms with E-state index in [1.807, 2.05) is 0 Å². The van der Waals surface area contributed by atoms with E-state index < -0.39 is 0 Å². The third-order valence-electron chi connectivity index (χ3n) is 10.2. The number of rotatable bonds is 3. The molecule has 1 saturated carbocycles. The standard InChI is InChI=1S/C42H30/c1-28-19-24-38(33-14-3-2-13-32(28)33)40-36-17-6-4-15-34(36)39(35-16-5-7-18-37(35)40)29-20-22-31(23-21-29)42-26-10-12-30-11-8-9-25-41(30,42)27-42/h2-26H,27H2,1H3. The highest BCUT2D eigenvalue weighted by Crippen LogP contribution is 2.72. The van der Waals surface area contributed by atoms with Crippen molar-refractivity contribution in [2.45, 2.75) is 18.8 Å². The summed E-state index contributed by atoms with van der Waals surface area (Å²) >= 11 is 0. The highest BCUT2D eigenvalue weighted by molar-refractivity contribution is 6.23. The second kappa shape index (κ2) is 8.54. The van der Waals surface area contributed by atoms with Crippen LogP contribution in [0.4, 0.5) is 0 Å². The van der Waals surface area contributed by atoms with Crippen molar-refractivity contribution in [2.75, 3.05) is 0 Å². The molecule has 0 amide bonds. The van der Waals surface area contributed by atoms with Crippen molar-refractivity contribution >= 4 is 32.3 Å². The molecule has 0 radical (unpaired) electrons. The summed E-state index contributed by atoms with van der Waals surface area (Å²) in [4.78, 5) is 0. The molecule has 6 aromatic rings. The van der Waals surface area contributed by atoms with Gasteiger partial charge in [0.1, 0.15) is 0 Å². The number of fused-ring (bicyclic) bond motifs is 3. The van der Waals surface area contributed by atoms with Gasteiger partial charge in [0.05, 0.1) is 0 Å². The monoisotopic (exact) mass is 534 g/mol. The van der Waals surface area contributed by atoms with Gasteiger partial charge in [0, 0.05) is 10.8 Å². The van der Waals surface area contributed by atoms with Crippen LogP contribution in [-0.2, 0) is 5.41 Å². The van der Waals surface area contributed by atoms with Crippen molar-refractivity contribution in [1.82, 2.24) is 0 Å². The smallest absolute Gasteiger partial charge is 0.0279 e. The molecule has 0 saturated heterocycles. The van der Waals surface area contributed by atoms with Crippen molar-refractivity contribution in [3.63, 3.8) is 0 Å². The zero-order valence-electron chi connectivity index (χ0n) is 23.6. The SMILES string of the molecule is Cc1ccc(-c2c3ccccc3c(-c3ccc(C45C=CC=C6C=CC=CC64C5)cc3)c3ccccc23)c2ccccc12. The molecule has 2 unspecified atom stereocenters. The fourth-order valence-corrected chi connectivity index (χ4v) is 8.10. The van der Waals surface area contributed by atoms with Crippen LogP contribution in [0.15, 0.2) is 157 Å². The summed E-state index contributed by atoms with van der Waals surface area (Å²) in [6, 6.07) is 40.9. The Morgan fingerprint density at radius 2 is 1.10 bits per heavy atom. The molecule has 0 aromatic heterocycles. The van der Waals surface area contributed by atoms with Crippen LogP contribution in [0.2, 0.25) is 0 Å². The summed E-state index contributed by atoms with van der Waals surface area (Å²) in [6.07, 6.45) is 17.2. The maximum Gasteiger partial charge on any atom is 0.0279 e. The van der Waals surface area contributed by atoms with Crippen LogP contribution in [-0.4, -0.2) is 0 Å². The van der Waals surface area contributed by atoms with Crippen LogP contribution in [0.3, 0.4) is 0 Å². The molecule has 3 aliphatic rings. The lowest BCUT2D eigenvalue weighted by molar-refractivity contribution is 0.666. The largest absolute Gasteiger partial charge is 0.0727 e. The van der Waals surface area contributed by atoms with Gasteiger partial charge in [0.25, 0.3) is 0 Å². The lowest BCUT2D eigenvalue weighted by Crippen LogP contribution is -2.19. The highest BCUT2D eigenvalue weighted by atomic mass is 14.7. The van der Waals surface area contributed by atoms with Gasteiger partial charge in [-0.15, -0.1) is 0 Å². The van der Waals surface area contributed by atoms with E-state index in [-0.39, 0.29) is 10.8 Å². The fraction of sp³-hybridized carbons (Fsp3) is 0.0952. The molecule has 1 fully saturated rings. The number of hydrogen-bond acceptors (Lipinski definition) is 0. The van der Waals surface area contributed by atoms with Gasteiger partial charge in [-0.2, -0.15) is 0 Å². The first kappa shape index (κ1) is 23.7. The predicted octanol–water partition coefficient (Wildman–Crippen LogP) is 11.0. The van der Waals surface area contributed by atoms with Gasteiger partial charge in [-0.25, -0.2) is 0 Å². The Bertz CT molecular complexity index is 2160. The van der Waals surface area contributed by atoms with Gasteiger partial charge in [-0.3, -0.25) is 0 Å². The Labute approximate surface area is 246 Å². The van der Waals surface area contributed by atoms with Crippen molar-refractivity contribution in [2.24, 2.45) is 5.41 Å². The molecule has 3 aliphatic carbocycles. The van der Waals surface area contributed by atoms with E-state index in [0.29, 0.717) is 0 Å². The maximum absolute atomic E-state index is 2.43. The molecule has 9 rings (SSSR count). The van der Waals surface area contributed by atoms with E-state index >= 15 is 0 Å². The third kappa shape index (κ3) is 3.07. The first-order chi connectivity index (χ1) is 20.7. The number of aryl methyl sites for hydroxylation is 1. The van der Waals surface area contributed by atoms with Gasteiger partial charge in [0.15, 0.2) is 0 Å². The molecule has 0 aliphatic heterocycles. The Balaban J connectivity index is 1.26. The molecular formula is C42H30. The summed E-state index contributed by atoms with van der Waals surface area (Å²) in [7, 11) is 0. The maximum atomic E-state index is 2.43. The van der Waals surface area contributed by atoms with Crippen molar-refractivity contribution < 1.29 is 0 Å². The second-order valence-electron chi connectivity index (χ2n) is 12.2. The van der Waals surface area contributed by atoms with E-state index in [2.05, 4.69) is 159 Å². The molecule has 198 valence electrons. The van der Waals surface area contributed by atoms with Crippen LogP contribution in [0.25, 0.3) is 54.6 Å². The van der Waals surface area contributed by atoms with Crippen LogP contribution >= 0.6 is 0 Å². The molecule has 0 heteroatoms. The average Bonchev–Trinajstić information content (AvgIpc) is 3.73. The van der Waals surface area contributed by atoms with Crippen LogP contribution < -0.4 is 0 Å². The van der Waals surface area contributed by atoms with Gasteiger partial charge in [-0.1, -0.05) is 152 Å². The van der Waals surface area contributed by atoms with E-state index in [1.54, 1.807) is 0 Å². The molecule has 0 heterocycles. The fourth-order valence-electron chi connectivity index (χ4n) is 8.10. The molecule has 1 spiro atoms. The van der Waals surface area contributed by atoms with E-state index in [0.717, 1.165) is 6.42 Å². The van der Waals surface area contributed by atoms with Crippen LogP contribution in [0.1, 0.15) is 17.5 Å². The van der Waals surface area contributed by atoms with Gasteiger partial charge >= 0.3 is 0 Å². The average molecular weight is 535 g/mol. The summed E-state index contributed by atoms with van der Waals surface area (Å²) in [5.74, 6) is 0. The summed E-state index contributed by atoms with van der Waals surface area (Å²) < 4.78 is 0. The zero-order valence-corrected chi connectivity index (χ0v) is 23.6. The molecular weight excluding hydrogens is 504 g/mol. The Morgan fingerprint density at radius 3 is 1.79 bits per heavy atom. The first-order valence-electron chi connectivity index (χ1n) is 15.0. The Kier molecular flexibility index (Phi) is 4.82. The van der Waals surface area contributed by atoms with Crippen LogP contribution in [0, 0.1) is 12.3 Å². The summed E-state index contributed by atoms with van der Waals surface area (Å²) in [5, 5.41) is 7.82. The molecule has 6 aromatic carbocycles. The minimum Gasteiger partial charge on any atom is -0.0727 e. The number of benzene rings is 6. The topological polar surface area (TPSA) is 0 Å². The molecule has 42 heavy (non-hydrogen) atoms. The lowest BCUT2D eigenvalue weighted by atomic mass is 9.76. The highest BCUT2D eigenvalue weighted by Gasteiger charge is 2.67. The van der Waals surface area contributed by atoms with E-state index in [1.165, 1.54) is 71.3 Å². The van der Waals surface area contributed by atoms with E-state index in [9.17, 15) is 0 Å². The van der Waals surface area contributed by atoms with Gasteiger partial charge in [-0.05, 0) is 84.6 Å². The molecule has 0 bridgehead atoms. The molecule has 2 atom stereocenters. The lowest BCUT2D eigenvalue weighted by Gasteiger charge is -2.27. The van der Waals surface area contributed by atoms with Gasteiger partial charge in [0.2, 0.25) is 0 Å². The van der Waals surface area contributed by atoms with E-state index in [4.69, 9.17) is 0 Å². The van der Waals surface area contributed by atoms with Crippen molar-refractivity contribution in [3.8, 4) is 22.3 Å². The zero-order chi connectivity index (χ0) is 27.9. The minimum atomic E-state index is 0.0668. The predicted molar refractivity (Wildman–Crippen MR) is 179 cm³/mol. The number of allylic oxidation sites excluding steroid dienone is 8. The number of hydrogen-bond donors (Lipinski definition) is 0. The summed E-state index contributed by atoms with van der Waals surface area (Å²) in [5.41, 5.74) is 9.55. The Hall–Kier alpha value is -4.94. The van der Waals surface area contributed by atoms with Gasteiger partial charge < -0.3 is 0 Å². The van der Waals surface area contributed by atoms with Crippen LogP contribution in [0.5, 0.6) is 0 Å². The van der Waals surface area contributed by atoms with Crippen molar-refractivity contribution in [1.29, 1.82) is 0 Å². The molecule has 0 nitrogen and oxygen atoms in total. The quantitative estimate of drug-likeness (QED) is 0.198. The normalized spacial score (nSPS) is 21.9. The summed E-state index contributed by atoms with van der Waals surface area (Å²) in [6.45, 7) is 2.21. The molecule has 0 N–H and O–H groups in total. The Morgan fingerprint density at radius 1 is 0.500 bits per heavy atom. The second-order valence-corrected chi connectivity index (χ2v) is 12.2. The first-order valence-corrected chi connectivity index (χ1v) is 15.0. The minimum absolute atomic E-state index is 0.0668. The third-order valence-corrected chi connectivity index (χ3v) is 10.2.